The number of hydrogen-bond donors (Lipinski definition) is 0. The average Bonchev–Trinajstić information content (AvgIpc) is 2.43. The lowest BCUT2D eigenvalue weighted by Gasteiger charge is -2.10. The zero-order valence-corrected chi connectivity index (χ0v) is 10.4. The summed E-state index contributed by atoms with van der Waals surface area (Å²) < 4.78 is 14.7. The molecule has 1 aromatic rings. The number of carbonyl (C=O) groups excluding carboxylic acids is 2. The number of methoxy groups -OCH3 is 3. The second-order valence-corrected chi connectivity index (χ2v) is 3.31. The van der Waals surface area contributed by atoms with Crippen LogP contribution >= 0.6 is 0 Å². The predicted octanol–water partition coefficient (Wildman–Crippen LogP) is 1.70. The van der Waals surface area contributed by atoms with E-state index in [0.717, 1.165) is 0 Å². The Bertz CT molecular complexity index is 477. The summed E-state index contributed by atoms with van der Waals surface area (Å²) in [6.45, 7) is 0. The van der Waals surface area contributed by atoms with Crippen molar-refractivity contribution in [2.75, 3.05) is 21.3 Å². The lowest BCUT2D eigenvalue weighted by atomic mass is 10.1. The maximum atomic E-state index is 11.0. The standard InChI is InChI=1S/C13H14O5/c1-16-10-6-9(8-14)11(12(7-10)17-2)4-5-13(15)18-3/h4-8H,1-3H3. The molecule has 96 valence electrons. The van der Waals surface area contributed by atoms with Crippen molar-refractivity contribution >= 4 is 18.3 Å². The van der Waals surface area contributed by atoms with E-state index in [1.54, 1.807) is 12.1 Å². The van der Waals surface area contributed by atoms with Crippen LogP contribution in [0.15, 0.2) is 18.2 Å². The summed E-state index contributed by atoms with van der Waals surface area (Å²) in [6, 6.07) is 3.19. The molecule has 1 rings (SSSR count). The zero-order chi connectivity index (χ0) is 13.5. The van der Waals surface area contributed by atoms with Gasteiger partial charge in [-0.05, 0) is 12.1 Å². The van der Waals surface area contributed by atoms with Crippen molar-refractivity contribution in [1.29, 1.82) is 0 Å². The van der Waals surface area contributed by atoms with Gasteiger partial charge in [0.15, 0.2) is 6.29 Å². The summed E-state index contributed by atoms with van der Waals surface area (Å²) in [4.78, 5) is 22.1. The Hall–Kier alpha value is -2.30. The van der Waals surface area contributed by atoms with Crippen molar-refractivity contribution in [2.24, 2.45) is 0 Å². The molecule has 5 nitrogen and oxygen atoms in total. The van der Waals surface area contributed by atoms with Gasteiger partial charge < -0.3 is 14.2 Å². The fourth-order valence-corrected chi connectivity index (χ4v) is 1.40. The lowest BCUT2D eigenvalue weighted by Crippen LogP contribution is -1.97. The Morgan fingerprint density at radius 3 is 2.39 bits per heavy atom. The molecular weight excluding hydrogens is 236 g/mol. The Balaban J connectivity index is 3.27. The first-order chi connectivity index (χ1) is 8.65. The number of rotatable bonds is 5. The van der Waals surface area contributed by atoms with Crippen molar-refractivity contribution in [3.05, 3.63) is 29.3 Å². The minimum absolute atomic E-state index is 0.367. The van der Waals surface area contributed by atoms with Crippen LogP contribution in [0.3, 0.4) is 0 Å². The molecule has 5 heteroatoms. The molecule has 0 heterocycles. The molecule has 0 fully saturated rings. The van der Waals surface area contributed by atoms with Gasteiger partial charge in [-0.1, -0.05) is 0 Å². The van der Waals surface area contributed by atoms with Crippen LogP contribution in [0.2, 0.25) is 0 Å². The quantitative estimate of drug-likeness (QED) is 0.452. The Morgan fingerprint density at radius 1 is 1.17 bits per heavy atom. The van der Waals surface area contributed by atoms with Crippen LogP contribution < -0.4 is 9.47 Å². The van der Waals surface area contributed by atoms with Crippen LogP contribution in [-0.2, 0) is 9.53 Å². The summed E-state index contributed by atoms with van der Waals surface area (Å²) in [6.07, 6.45) is 3.35. The second kappa shape index (κ2) is 6.44. The number of esters is 1. The van der Waals surface area contributed by atoms with E-state index in [4.69, 9.17) is 9.47 Å². The lowest BCUT2D eigenvalue weighted by molar-refractivity contribution is -0.134. The Labute approximate surface area is 105 Å². The zero-order valence-electron chi connectivity index (χ0n) is 10.4. The Morgan fingerprint density at radius 2 is 1.89 bits per heavy atom. The summed E-state index contributed by atoms with van der Waals surface area (Å²) in [5, 5.41) is 0. The molecule has 0 aliphatic carbocycles. The van der Waals surface area contributed by atoms with Crippen LogP contribution in [0.1, 0.15) is 15.9 Å². The number of hydrogen-bond acceptors (Lipinski definition) is 5. The minimum atomic E-state index is -0.510. The SMILES string of the molecule is COC(=O)C=Cc1c(C=O)cc(OC)cc1OC. The van der Waals surface area contributed by atoms with Gasteiger partial charge in [0.1, 0.15) is 11.5 Å². The van der Waals surface area contributed by atoms with Gasteiger partial charge in [-0.2, -0.15) is 0 Å². The van der Waals surface area contributed by atoms with Gasteiger partial charge in [-0.15, -0.1) is 0 Å². The van der Waals surface area contributed by atoms with Crippen molar-refractivity contribution in [2.45, 2.75) is 0 Å². The van der Waals surface area contributed by atoms with Crippen molar-refractivity contribution in [3.8, 4) is 11.5 Å². The summed E-state index contributed by atoms with van der Waals surface area (Å²) >= 11 is 0. The van der Waals surface area contributed by atoms with Gasteiger partial charge >= 0.3 is 5.97 Å². The number of carbonyl (C=O) groups is 2. The van der Waals surface area contributed by atoms with E-state index in [0.29, 0.717) is 28.9 Å². The van der Waals surface area contributed by atoms with Gasteiger partial charge in [0.05, 0.1) is 21.3 Å². The molecule has 1 aromatic carbocycles. The largest absolute Gasteiger partial charge is 0.497 e. The molecule has 0 atom stereocenters. The highest BCUT2D eigenvalue weighted by Gasteiger charge is 2.10. The first-order valence-electron chi connectivity index (χ1n) is 5.13. The van der Waals surface area contributed by atoms with Crippen LogP contribution in [0, 0.1) is 0 Å². The highest BCUT2D eigenvalue weighted by molar-refractivity contribution is 5.91. The van der Waals surface area contributed by atoms with Crippen LogP contribution in [0.5, 0.6) is 11.5 Å². The summed E-state index contributed by atoms with van der Waals surface area (Å²) in [5.41, 5.74) is 0.866. The normalized spacial score (nSPS) is 10.2. The summed E-state index contributed by atoms with van der Waals surface area (Å²) in [5.74, 6) is 0.436. The van der Waals surface area contributed by atoms with Crippen molar-refractivity contribution < 1.29 is 23.8 Å². The van der Waals surface area contributed by atoms with Crippen molar-refractivity contribution in [3.63, 3.8) is 0 Å². The third kappa shape index (κ3) is 3.10. The van der Waals surface area contributed by atoms with Gasteiger partial charge in [0, 0.05) is 23.3 Å². The molecule has 0 radical (unpaired) electrons. The molecule has 0 aromatic heterocycles. The number of aldehydes is 1. The van der Waals surface area contributed by atoms with Gasteiger partial charge in [0.2, 0.25) is 0 Å². The molecule has 18 heavy (non-hydrogen) atoms. The topological polar surface area (TPSA) is 61.8 Å². The van der Waals surface area contributed by atoms with E-state index in [1.807, 2.05) is 0 Å². The molecular formula is C13H14O5. The minimum Gasteiger partial charge on any atom is -0.497 e. The maximum absolute atomic E-state index is 11.0. The fourth-order valence-electron chi connectivity index (χ4n) is 1.40. The second-order valence-electron chi connectivity index (χ2n) is 3.31. The molecule has 0 aliphatic rings. The fraction of sp³-hybridized carbons (Fsp3) is 0.231. The smallest absolute Gasteiger partial charge is 0.330 e. The highest BCUT2D eigenvalue weighted by atomic mass is 16.5. The summed E-state index contributed by atoms with van der Waals surface area (Å²) in [7, 11) is 4.24. The van der Waals surface area contributed by atoms with E-state index >= 15 is 0 Å². The Kier molecular flexibility index (Phi) is 4.92. The number of benzene rings is 1. The van der Waals surface area contributed by atoms with Crippen LogP contribution in [-0.4, -0.2) is 33.6 Å². The number of ether oxygens (including phenoxy) is 3. The monoisotopic (exact) mass is 250 g/mol. The molecule has 0 saturated heterocycles. The van der Waals surface area contributed by atoms with Crippen LogP contribution in [0.25, 0.3) is 6.08 Å². The van der Waals surface area contributed by atoms with E-state index in [-0.39, 0.29) is 0 Å². The molecule has 0 unspecified atom stereocenters. The molecule has 0 amide bonds. The maximum Gasteiger partial charge on any atom is 0.330 e. The molecule has 0 N–H and O–H groups in total. The molecule has 0 bridgehead atoms. The predicted molar refractivity (Wildman–Crippen MR) is 66.0 cm³/mol. The van der Waals surface area contributed by atoms with E-state index in [1.165, 1.54) is 33.5 Å². The van der Waals surface area contributed by atoms with Crippen molar-refractivity contribution in [1.82, 2.24) is 0 Å². The molecule has 0 saturated carbocycles. The van der Waals surface area contributed by atoms with E-state index in [2.05, 4.69) is 4.74 Å². The first kappa shape index (κ1) is 13.8. The van der Waals surface area contributed by atoms with E-state index < -0.39 is 5.97 Å². The third-order valence-electron chi connectivity index (χ3n) is 2.32. The molecule has 0 spiro atoms. The molecule has 0 aliphatic heterocycles. The van der Waals surface area contributed by atoms with Gasteiger partial charge in [0.25, 0.3) is 0 Å². The van der Waals surface area contributed by atoms with Gasteiger partial charge in [-0.3, -0.25) is 4.79 Å². The van der Waals surface area contributed by atoms with Crippen LogP contribution in [0.4, 0.5) is 0 Å². The van der Waals surface area contributed by atoms with E-state index in [9.17, 15) is 9.59 Å². The first-order valence-corrected chi connectivity index (χ1v) is 5.13. The third-order valence-corrected chi connectivity index (χ3v) is 2.32. The van der Waals surface area contributed by atoms with Gasteiger partial charge in [-0.25, -0.2) is 4.79 Å². The highest BCUT2D eigenvalue weighted by Crippen LogP contribution is 2.29. The average molecular weight is 250 g/mol.